The SMILES string of the molecule is CN1CCN(Nc2nnccc2C#N)CC1. The van der Waals surface area contributed by atoms with Crippen LogP contribution in [0.1, 0.15) is 5.56 Å². The van der Waals surface area contributed by atoms with Gasteiger partial charge in [-0.1, -0.05) is 0 Å². The molecule has 0 amide bonds. The summed E-state index contributed by atoms with van der Waals surface area (Å²) < 4.78 is 0. The topological polar surface area (TPSA) is 68.1 Å². The van der Waals surface area contributed by atoms with Crippen LogP contribution in [-0.2, 0) is 0 Å². The molecule has 2 heterocycles. The molecule has 1 aliphatic heterocycles. The van der Waals surface area contributed by atoms with Gasteiger partial charge in [0.1, 0.15) is 6.07 Å². The highest BCUT2D eigenvalue weighted by molar-refractivity contribution is 5.49. The van der Waals surface area contributed by atoms with Gasteiger partial charge in [0.05, 0.1) is 11.8 Å². The van der Waals surface area contributed by atoms with E-state index in [1.807, 2.05) is 0 Å². The van der Waals surface area contributed by atoms with Gasteiger partial charge in [0.25, 0.3) is 0 Å². The van der Waals surface area contributed by atoms with Crippen molar-refractivity contribution in [1.29, 1.82) is 5.26 Å². The van der Waals surface area contributed by atoms with E-state index in [9.17, 15) is 0 Å². The van der Waals surface area contributed by atoms with Crippen molar-refractivity contribution in [2.75, 3.05) is 38.7 Å². The Morgan fingerprint density at radius 1 is 1.38 bits per heavy atom. The lowest BCUT2D eigenvalue weighted by Crippen LogP contribution is -2.47. The van der Waals surface area contributed by atoms with Crippen molar-refractivity contribution in [2.24, 2.45) is 0 Å². The minimum absolute atomic E-state index is 0.522. The summed E-state index contributed by atoms with van der Waals surface area (Å²) in [5.74, 6) is 0.537. The summed E-state index contributed by atoms with van der Waals surface area (Å²) >= 11 is 0. The highest BCUT2D eigenvalue weighted by Crippen LogP contribution is 2.10. The van der Waals surface area contributed by atoms with Gasteiger partial charge in [0, 0.05) is 26.2 Å². The third-order valence-electron chi connectivity index (χ3n) is 2.61. The number of nitrogens with zero attached hydrogens (tertiary/aromatic N) is 5. The molecule has 1 fully saturated rings. The summed E-state index contributed by atoms with van der Waals surface area (Å²) in [4.78, 5) is 2.26. The number of rotatable bonds is 2. The molecule has 6 heteroatoms. The number of nitrogens with one attached hydrogen (secondary N) is 1. The Labute approximate surface area is 94.5 Å². The lowest BCUT2D eigenvalue weighted by molar-refractivity contribution is 0.178. The van der Waals surface area contributed by atoms with Crippen LogP contribution in [0.15, 0.2) is 12.3 Å². The molecular weight excluding hydrogens is 204 g/mol. The molecule has 0 spiro atoms. The normalized spacial score (nSPS) is 18.0. The van der Waals surface area contributed by atoms with Gasteiger partial charge in [-0.3, -0.25) is 0 Å². The number of likely N-dealkylation sites (N-methyl/N-ethyl adjacent to an activating group) is 1. The second kappa shape index (κ2) is 4.88. The van der Waals surface area contributed by atoms with E-state index in [-0.39, 0.29) is 0 Å². The zero-order chi connectivity index (χ0) is 11.4. The Hall–Kier alpha value is -1.71. The van der Waals surface area contributed by atoms with Crippen LogP contribution in [0.25, 0.3) is 0 Å². The highest BCUT2D eigenvalue weighted by atomic mass is 15.5. The first-order chi connectivity index (χ1) is 7.79. The first kappa shape index (κ1) is 10.8. The summed E-state index contributed by atoms with van der Waals surface area (Å²) in [7, 11) is 2.10. The van der Waals surface area contributed by atoms with Gasteiger partial charge >= 0.3 is 0 Å². The van der Waals surface area contributed by atoms with E-state index in [2.05, 4.69) is 38.6 Å². The fourth-order valence-electron chi connectivity index (χ4n) is 1.57. The van der Waals surface area contributed by atoms with E-state index in [1.54, 1.807) is 6.07 Å². The third kappa shape index (κ3) is 2.45. The van der Waals surface area contributed by atoms with Crippen LogP contribution in [-0.4, -0.2) is 53.3 Å². The minimum atomic E-state index is 0.522. The molecule has 1 aliphatic rings. The van der Waals surface area contributed by atoms with E-state index in [1.165, 1.54) is 6.20 Å². The second-order valence-electron chi connectivity index (χ2n) is 3.81. The van der Waals surface area contributed by atoms with Crippen molar-refractivity contribution in [3.63, 3.8) is 0 Å². The number of hydrazine groups is 1. The molecule has 1 aromatic heterocycles. The fraction of sp³-hybridized carbons (Fsp3) is 0.500. The maximum atomic E-state index is 8.91. The van der Waals surface area contributed by atoms with Gasteiger partial charge in [-0.25, -0.2) is 5.01 Å². The van der Waals surface area contributed by atoms with Gasteiger partial charge in [-0.2, -0.15) is 10.4 Å². The van der Waals surface area contributed by atoms with Crippen molar-refractivity contribution in [2.45, 2.75) is 0 Å². The summed E-state index contributed by atoms with van der Waals surface area (Å²) in [6.07, 6.45) is 1.52. The summed E-state index contributed by atoms with van der Waals surface area (Å²) in [6.45, 7) is 3.85. The summed E-state index contributed by atoms with van der Waals surface area (Å²) in [6, 6.07) is 3.75. The molecule has 84 valence electrons. The van der Waals surface area contributed by atoms with Crippen molar-refractivity contribution >= 4 is 5.82 Å². The van der Waals surface area contributed by atoms with Gasteiger partial charge in [0.2, 0.25) is 0 Å². The number of hydrogen-bond acceptors (Lipinski definition) is 6. The maximum absolute atomic E-state index is 8.91. The molecule has 0 saturated carbocycles. The second-order valence-corrected chi connectivity index (χ2v) is 3.81. The van der Waals surface area contributed by atoms with Gasteiger partial charge < -0.3 is 10.3 Å². The number of hydrogen-bond donors (Lipinski definition) is 1. The average Bonchev–Trinajstić information content (AvgIpc) is 2.33. The summed E-state index contributed by atoms with van der Waals surface area (Å²) in [5, 5.41) is 18.7. The third-order valence-corrected chi connectivity index (χ3v) is 2.61. The van der Waals surface area contributed by atoms with Gasteiger partial charge in [-0.05, 0) is 13.1 Å². The van der Waals surface area contributed by atoms with Crippen LogP contribution in [0.5, 0.6) is 0 Å². The largest absolute Gasteiger partial charge is 0.304 e. The lowest BCUT2D eigenvalue weighted by atomic mass is 10.3. The molecule has 0 radical (unpaired) electrons. The molecule has 6 nitrogen and oxygen atoms in total. The Morgan fingerprint density at radius 3 is 2.81 bits per heavy atom. The van der Waals surface area contributed by atoms with Crippen molar-refractivity contribution in [1.82, 2.24) is 20.1 Å². The first-order valence-corrected chi connectivity index (χ1v) is 5.21. The smallest absolute Gasteiger partial charge is 0.180 e. The van der Waals surface area contributed by atoms with E-state index in [4.69, 9.17) is 5.26 Å². The van der Waals surface area contributed by atoms with Gasteiger partial charge in [-0.15, -0.1) is 5.10 Å². The monoisotopic (exact) mass is 218 g/mol. The Bertz CT molecular complexity index is 391. The molecule has 1 N–H and O–H groups in total. The van der Waals surface area contributed by atoms with Crippen molar-refractivity contribution in [3.05, 3.63) is 17.8 Å². The molecular formula is C10H14N6. The zero-order valence-electron chi connectivity index (χ0n) is 9.22. The van der Waals surface area contributed by atoms with Crippen LogP contribution in [0.2, 0.25) is 0 Å². The fourth-order valence-corrected chi connectivity index (χ4v) is 1.57. The minimum Gasteiger partial charge on any atom is -0.304 e. The molecule has 0 atom stereocenters. The lowest BCUT2D eigenvalue weighted by Gasteiger charge is -2.32. The molecule has 0 aromatic carbocycles. The van der Waals surface area contributed by atoms with Crippen LogP contribution in [0, 0.1) is 11.3 Å². The van der Waals surface area contributed by atoms with E-state index in [0.29, 0.717) is 11.4 Å². The van der Waals surface area contributed by atoms with Crippen LogP contribution in [0.3, 0.4) is 0 Å². The van der Waals surface area contributed by atoms with Crippen LogP contribution >= 0.6 is 0 Å². The predicted octanol–water partition coefficient (Wildman–Crippen LogP) is -0.0774. The van der Waals surface area contributed by atoms with E-state index < -0.39 is 0 Å². The molecule has 1 saturated heterocycles. The highest BCUT2D eigenvalue weighted by Gasteiger charge is 2.15. The van der Waals surface area contributed by atoms with Crippen LogP contribution in [0.4, 0.5) is 5.82 Å². The molecule has 1 aromatic rings. The van der Waals surface area contributed by atoms with Crippen LogP contribution < -0.4 is 5.43 Å². The van der Waals surface area contributed by atoms with E-state index >= 15 is 0 Å². The number of nitriles is 1. The zero-order valence-corrected chi connectivity index (χ0v) is 9.22. The van der Waals surface area contributed by atoms with Crippen molar-refractivity contribution in [3.8, 4) is 6.07 Å². The quantitative estimate of drug-likeness (QED) is 0.749. The standard InChI is InChI=1S/C10H14N6/c1-15-4-6-16(7-5-15)14-10-9(8-11)2-3-12-13-10/h2-3H,4-7H2,1H3,(H,13,14). The molecule has 2 rings (SSSR count). The molecule has 0 aliphatic carbocycles. The van der Waals surface area contributed by atoms with Gasteiger partial charge in [0.15, 0.2) is 5.82 Å². The number of anilines is 1. The molecule has 0 unspecified atom stereocenters. The Balaban J connectivity index is 2.01. The Kier molecular flexibility index (Phi) is 3.29. The first-order valence-electron chi connectivity index (χ1n) is 5.21. The van der Waals surface area contributed by atoms with E-state index in [0.717, 1.165) is 26.2 Å². The molecule has 0 bridgehead atoms. The number of piperazine rings is 1. The molecule has 16 heavy (non-hydrogen) atoms. The maximum Gasteiger partial charge on any atom is 0.180 e. The van der Waals surface area contributed by atoms with Crippen molar-refractivity contribution < 1.29 is 0 Å². The number of aromatic nitrogens is 2. The average molecular weight is 218 g/mol. The summed E-state index contributed by atoms with van der Waals surface area (Å²) in [5.41, 5.74) is 3.65. The Morgan fingerprint density at radius 2 is 2.12 bits per heavy atom. The predicted molar refractivity (Wildman–Crippen MR) is 59.4 cm³/mol.